The minimum Gasteiger partial charge on any atom is -0.461 e. The summed E-state index contributed by atoms with van der Waals surface area (Å²) in [4.78, 5) is 50.1. The molecule has 9 heteroatoms. The molecule has 0 heterocycles. The number of nitrogens with one attached hydrogen (secondary N) is 2. The van der Waals surface area contributed by atoms with Crippen LogP contribution in [0.5, 0.6) is 0 Å². The third-order valence-corrected chi connectivity index (χ3v) is 5.74. The van der Waals surface area contributed by atoms with E-state index in [0.717, 1.165) is 16.7 Å². The van der Waals surface area contributed by atoms with E-state index < -0.39 is 35.6 Å². The Balaban J connectivity index is 1.50. The van der Waals surface area contributed by atoms with Crippen molar-refractivity contribution in [3.63, 3.8) is 0 Å². The molecule has 0 bridgehead atoms. The van der Waals surface area contributed by atoms with Gasteiger partial charge in [-0.15, -0.1) is 0 Å². The van der Waals surface area contributed by atoms with Crippen molar-refractivity contribution in [3.8, 4) is 0 Å². The zero-order valence-electron chi connectivity index (χ0n) is 23.6. The van der Waals surface area contributed by atoms with Crippen molar-refractivity contribution in [2.45, 2.75) is 58.5 Å². The molecule has 0 spiro atoms. The van der Waals surface area contributed by atoms with Crippen LogP contribution < -0.4 is 10.6 Å². The van der Waals surface area contributed by atoms with Gasteiger partial charge in [0, 0.05) is 6.54 Å². The van der Waals surface area contributed by atoms with Gasteiger partial charge in [0.15, 0.2) is 0 Å². The average molecular weight is 561 g/mol. The molecule has 0 saturated carbocycles. The van der Waals surface area contributed by atoms with E-state index >= 15 is 0 Å². The van der Waals surface area contributed by atoms with Gasteiger partial charge in [-0.3, -0.25) is 9.59 Å². The van der Waals surface area contributed by atoms with E-state index in [1.54, 1.807) is 45.0 Å². The molecule has 2 amide bonds. The van der Waals surface area contributed by atoms with Crippen LogP contribution in [0.3, 0.4) is 0 Å². The maximum atomic E-state index is 12.9. The molecule has 216 valence electrons. The Kier molecular flexibility index (Phi) is 11.5. The van der Waals surface area contributed by atoms with Crippen LogP contribution in [0.1, 0.15) is 54.2 Å². The molecular weight excluding hydrogens is 524 g/mol. The first-order chi connectivity index (χ1) is 19.6. The number of benzene rings is 3. The predicted molar refractivity (Wildman–Crippen MR) is 153 cm³/mol. The van der Waals surface area contributed by atoms with Crippen molar-refractivity contribution in [1.29, 1.82) is 0 Å². The van der Waals surface area contributed by atoms with Gasteiger partial charge in [0.05, 0.1) is 12.0 Å². The number of carbonyl (C=O) groups excluding carboxylic acids is 4. The Labute approximate surface area is 240 Å². The fourth-order valence-corrected chi connectivity index (χ4v) is 3.69. The molecule has 0 unspecified atom stereocenters. The normalized spacial score (nSPS) is 11.6. The summed E-state index contributed by atoms with van der Waals surface area (Å²) in [5.74, 6) is -1.61. The van der Waals surface area contributed by atoms with Crippen molar-refractivity contribution in [2.24, 2.45) is 0 Å². The number of rotatable bonds is 12. The Hall–Kier alpha value is -4.66. The second-order valence-electron chi connectivity index (χ2n) is 10.3. The number of ether oxygens (including phenoxy) is 3. The molecular formula is C32H36N2O7. The highest BCUT2D eigenvalue weighted by atomic mass is 16.6. The lowest BCUT2D eigenvalue weighted by atomic mass is 10.1. The van der Waals surface area contributed by atoms with Crippen LogP contribution in [0, 0.1) is 0 Å². The molecule has 3 aromatic rings. The molecule has 2 N–H and O–H groups in total. The summed E-state index contributed by atoms with van der Waals surface area (Å²) in [6.07, 6.45) is -0.719. The molecule has 0 saturated heterocycles. The fraction of sp³-hybridized carbons (Fsp3) is 0.312. The molecule has 3 aromatic carbocycles. The summed E-state index contributed by atoms with van der Waals surface area (Å²) >= 11 is 0. The zero-order valence-corrected chi connectivity index (χ0v) is 23.6. The molecule has 3 rings (SSSR count). The third-order valence-electron chi connectivity index (χ3n) is 5.74. The lowest BCUT2D eigenvalue weighted by molar-refractivity contribution is -0.147. The molecule has 0 aromatic heterocycles. The van der Waals surface area contributed by atoms with E-state index in [9.17, 15) is 19.2 Å². The highest BCUT2D eigenvalue weighted by molar-refractivity contribution is 5.90. The maximum absolute atomic E-state index is 12.9. The van der Waals surface area contributed by atoms with Crippen LogP contribution in [0.4, 0.5) is 4.79 Å². The lowest BCUT2D eigenvalue weighted by Crippen LogP contribution is -2.49. The lowest BCUT2D eigenvalue weighted by Gasteiger charge is -2.23. The number of hydrogen-bond acceptors (Lipinski definition) is 7. The maximum Gasteiger partial charge on any atom is 0.408 e. The van der Waals surface area contributed by atoms with Crippen LogP contribution in [-0.2, 0) is 43.4 Å². The van der Waals surface area contributed by atoms with Gasteiger partial charge >= 0.3 is 18.0 Å². The monoisotopic (exact) mass is 560 g/mol. The predicted octanol–water partition coefficient (Wildman–Crippen LogP) is 4.73. The van der Waals surface area contributed by atoms with E-state index in [-0.39, 0.29) is 26.2 Å². The highest BCUT2D eigenvalue weighted by Crippen LogP contribution is 2.10. The number of hydrogen-bond donors (Lipinski definition) is 2. The zero-order chi connectivity index (χ0) is 29.7. The summed E-state index contributed by atoms with van der Waals surface area (Å²) < 4.78 is 15.9. The Morgan fingerprint density at radius 3 is 1.85 bits per heavy atom. The molecule has 0 aliphatic heterocycles. The molecule has 0 radical (unpaired) electrons. The van der Waals surface area contributed by atoms with E-state index in [4.69, 9.17) is 14.2 Å². The molecule has 0 fully saturated rings. The van der Waals surface area contributed by atoms with Crippen molar-refractivity contribution in [2.75, 3.05) is 6.54 Å². The summed E-state index contributed by atoms with van der Waals surface area (Å²) in [7, 11) is 0. The van der Waals surface area contributed by atoms with Crippen LogP contribution >= 0.6 is 0 Å². The summed E-state index contributed by atoms with van der Waals surface area (Å²) in [5.41, 5.74) is 2.22. The third kappa shape index (κ3) is 11.5. The molecule has 0 aliphatic carbocycles. The first kappa shape index (κ1) is 30.9. The number of amides is 2. The van der Waals surface area contributed by atoms with E-state index in [2.05, 4.69) is 10.6 Å². The second kappa shape index (κ2) is 15.2. The average Bonchev–Trinajstić information content (AvgIpc) is 2.95. The summed E-state index contributed by atoms with van der Waals surface area (Å²) in [5, 5.41) is 5.22. The van der Waals surface area contributed by atoms with Gasteiger partial charge in [-0.25, -0.2) is 9.59 Å². The van der Waals surface area contributed by atoms with Crippen molar-refractivity contribution in [1.82, 2.24) is 10.6 Å². The van der Waals surface area contributed by atoms with Crippen LogP contribution in [0.25, 0.3) is 0 Å². The van der Waals surface area contributed by atoms with Gasteiger partial charge in [-0.05, 0) is 56.0 Å². The van der Waals surface area contributed by atoms with Crippen molar-refractivity contribution in [3.05, 3.63) is 107 Å². The molecule has 41 heavy (non-hydrogen) atoms. The quantitative estimate of drug-likeness (QED) is 0.243. The minimum atomic E-state index is -1.19. The van der Waals surface area contributed by atoms with E-state index in [0.29, 0.717) is 12.0 Å². The van der Waals surface area contributed by atoms with Crippen molar-refractivity contribution >= 4 is 23.9 Å². The minimum absolute atomic E-state index is 0.0518. The standard InChI is InChI=1S/C32H36N2O7/c1-32(2,3)41-31(38)34-27(20-28(35)39-21-24-10-6-4-7-11-24)29(36)33-19-18-23-14-16-26(17-15-23)30(37)40-22-25-12-8-5-9-13-25/h4-17,27H,18-22H2,1-3H3,(H,33,36)(H,34,38)/t27-/m0/s1. The van der Waals surface area contributed by atoms with Gasteiger partial charge < -0.3 is 24.8 Å². The van der Waals surface area contributed by atoms with Crippen LogP contribution in [-0.4, -0.2) is 42.1 Å². The van der Waals surface area contributed by atoms with Gasteiger partial charge in [0.25, 0.3) is 0 Å². The summed E-state index contributed by atoms with van der Waals surface area (Å²) in [6, 6.07) is 24.3. The van der Waals surface area contributed by atoms with Crippen molar-refractivity contribution < 1.29 is 33.4 Å². The first-order valence-corrected chi connectivity index (χ1v) is 13.4. The fourth-order valence-electron chi connectivity index (χ4n) is 3.69. The number of carbonyl (C=O) groups is 4. The Bertz CT molecular complexity index is 1290. The number of esters is 2. The van der Waals surface area contributed by atoms with Crippen LogP contribution in [0.15, 0.2) is 84.9 Å². The van der Waals surface area contributed by atoms with E-state index in [1.165, 1.54) is 0 Å². The van der Waals surface area contributed by atoms with Gasteiger partial charge in [-0.1, -0.05) is 72.8 Å². The molecule has 1 atom stereocenters. The molecule has 0 aliphatic rings. The smallest absolute Gasteiger partial charge is 0.408 e. The highest BCUT2D eigenvalue weighted by Gasteiger charge is 2.27. The molecule has 9 nitrogen and oxygen atoms in total. The van der Waals surface area contributed by atoms with Gasteiger partial charge in [0.1, 0.15) is 24.9 Å². The van der Waals surface area contributed by atoms with E-state index in [1.807, 2.05) is 60.7 Å². The largest absolute Gasteiger partial charge is 0.461 e. The van der Waals surface area contributed by atoms with Crippen LogP contribution in [0.2, 0.25) is 0 Å². The van der Waals surface area contributed by atoms with Gasteiger partial charge in [-0.2, -0.15) is 0 Å². The first-order valence-electron chi connectivity index (χ1n) is 13.4. The SMILES string of the molecule is CC(C)(C)OC(=O)N[C@@H](CC(=O)OCc1ccccc1)C(=O)NCCc1ccc(C(=O)OCc2ccccc2)cc1. The number of alkyl carbamates (subject to hydrolysis) is 1. The Morgan fingerprint density at radius 1 is 0.732 bits per heavy atom. The van der Waals surface area contributed by atoms with Gasteiger partial charge in [0.2, 0.25) is 5.91 Å². The summed E-state index contributed by atoms with van der Waals surface area (Å²) in [6.45, 7) is 5.57. The topological polar surface area (TPSA) is 120 Å². The second-order valence-corrected chi connectivity index (χ2v) is 10.3. The Morgan fingerprint density at radius 2 is 1.29 bits per heavy atom.